The van der Waals surface area contributed by atoms with Gasteiger partial charge in [0, 0.05) is 24.1 Å². The lowest BCUT2D eigenvalue weighted by molar-refractivity contribution is -0.387. The Kier molecular flexibility index (Phi) is 6.16. The van der Waals surface area contributed by atoms with Gasteiger partial charge >= 0.3 is 5.97 Å². The summed E-state index contributed by atoms with van der Waals surface area (Å²) >= 11 is 1.23. The molecule has 0 aliphatic rings. The van der Waals surface area contributed by atoms with E-state index in [1.165, 1.54) is 30.0 Å². The molecule has 0 radical (unpaired) electrons. The van der Waals surface area contributed by atoms with Crippen LogP contribution in [0.25, 0.3) is 0 Å². The molecule has 0 fully saturated rings. The number of carbonyl (C=O) groups excluding carboxylic acids is 1. The molecular weight excluding hydrogens is 296 g/mol. The van der Waals surface area contributed by atoms with E-state index in [2.05, 4.69) is 5.32 Å². The molecule has 8 heteroatoms. The number of hydrogen-bond donors (Lipinski definition) is 2. The monoisotopic (exact) mass is 312 g/mol. The molecule has 21 heavy (non-hydrogen) atoms. The maximum atomic E-state index is 12.0. The average Bonchev–Trinajstić information content (AvgIpc) is 2.44. The van der Waals surface area contributed by atoms with Crippen molar-refractivity contribution in [3.05, 3.63) is 33.9 Å². The molecule has 0 aliphatic heterocycles. The fourth-order valence-corrected chi connectivity index (χ4v) is 2.24. The number of thioether (sulfide) groups is 1. The first-order valence-corrected chi connectivity index (χ1v) is 7.42. The quantitative estimate of drug-likeness (QED) is 0.454. The number of nitrogens with one attached hydrogen (secondary N) is 1. The van der Waals surface area contributed by atoms with Crippen LogP contribution >= 0.6 is 11.8 Å². The smallest absolute Gasteiger partial charge is 0.303 e. The third-order valence-electron chi connectivity index (χ3n) is 2.81. The van der Waals surface area contributed by atoms with Gasteiger partial charge in [-0.15, -0.1) is 11.8 Å². The van der Waals surface area contributed by atoms with Crippen LogP contribution in [0.1, 0.15) is 30.1 Å². The van der Waals surface area contributed by atoms with E-state index < -0.39 is 16.8 Å². The summed E-state index contributed by atoms with van der Waals surface area (Å²) in [4.78, 5) is 33.3. The van der Waals surface area contributed by atoms with Crippen molar-refractivity contribution < 1.29 is 19.6 Å². The lowest BCUT2D eigenvalue weighted by Crippen LogP contribution is -2.32. The third-order valence-corrected chi connectivity index (χ3v) is 3.59. The molecule has 0 aromatic heterocycles. The maximum Gasteiger partial charge on any atom is 0.303 e. The average molecular weight is 312 g/mol. The molecule has 1 unspecified atom stereocenters. The zero-order chi connectivity index (χ0) is 16.0. The molecule has 0 bridgehead atoms. The van der Waals surface area contributed by atoms with E-state index in [0.29, 0.717) is 11.3 Å². The first-order valence-electron chi connectivity index (χ1n) is 6.20. The zero-order valence-electron chi connectivity index (χ0n) is 11.7. The lowest BCUT2D eigenvalue weighted by Gasteiger charge is -2.13. The van der Waals surface area contributed by atoms with Crippen molar-refractivity contribution in [1.29, 1.82) is 0 Å². The van der Waals surface area contributed by atoms with E-state index in [1.54, 1.807) is 13.2 Å². The van der Waals surface area contributed by atoms with E-state index in [1.807, 2.05) is 0 Å². The predicted molar refractivity (Wildman–Crippen MR) is 78.7 cm³/mol. The molecule has 0 heterocycles. The molecule has 2 N–H and O–H groups in total. The topological polar surface area (TPSA) is 110 Å². The Morgan fingerprint density at radius 2 is 2.14 bits per heavy atom. The van der Waals surface area contributed by atoms with Crippen LogP contribution in [0.15, 0.2) is 23.1 Å². The molecule has 0 saturated carbocycles. The fourth-order valence-electron chi connectivity index (χ4n) is 1.69. The van der Waals surface area contributed by atoms with Gasteiger partial charge in [0.1, 0.15) is 0 Å². The van der Waals surface area contributed by atoms with E-state index in [4.69, 9.17) is 5.11 Å². The van der Waals surface area contributed by atoms with Crippen LogP contribution in [0.2, 0.25) is 0 Å². The highest BCUT2D eigenvalue weighted by molar-refractivity contribution is 7.98. The molecule has 7 nitrogen and oxygen atoms in total. The van der Waals surface area contributed by atoms with Crippen LogP contribution in [0.3, 0.4) is 0 Å². The molecule has 1 rings (SSSR count). The van der Waals surface area contributed by atoms with Crippen LogP contribution in [0.5, 0.6) is 0 Å². The standard InChI is InChI=1S/C13H16N2O5S/c1-8(3-6-12(16)17)14-13(18)9-4-5-11(21-2)10(7-9)15(19)20/h4-5,7-8H,3,6H2,1-2H3,(H,14,18)(H,16,17). The van der Waals surface area contributed by atoms with E-state index in [0.717, 1.165) is 0 Å². The van der Waals surface area contributed by atoms with Gasteiger partial charge < -0.3 is 10.4 Å². The van der Waals surface area contributed by atoms with Crippen molar-refractivity contribution in [2.75, 3.05) is 6.26 Å². The number of amides is 1. The number of benzene rings is 1. The molecule has 1 aromatic carbocycles. The van der Waals surface area contributed by atoms with Gasteiger partial charge in [0.2, 0.25) is 0 Å². The van der Waals surface area contributed by atoms with Crippen LogP contribution in [0.4, 0.5) is 5.69 Å². The first-order chi connectivity index (χ1) is 9.85. The predicted octanol–water partition coefficient (Wildman–Crippen LogP) is 2.30. The SMILES string of the molecule is CSc1ccc(C(=O)NC(C)CCC(=O)O)cc1[N+](=O)[O-]. The summed E-state index contributed by atoms with van der Waals surface area (Å²) < 4.78 is 0. The fraction of sp³-hybridized carbons (Fsp3) is 0.385. The minimum Gasteiger partial charge on any atom is -0.481 e. The molecule has 0 saturated heterocycles. The summed E-state index contributed by atoms with van der Waals surface area (Å²) in [5.74, 6) is -1.39. The molecule has 114 valence electrons. The number of nitrogens with zero attached hydrogens (tertiary/aromatic N) is 1. The minimum absolute atomic E-state index is 0.0486. The Morgan fingerprint density at radius 1 is 1.48 bits per heavy atom. The Morgan fingerprint density at radius 3 is 2.67 bits per heavy atom. The van der Waals surface area contributed by atoms with Crippen LogP contribution in [0, 0.1) is 10.1 Å². The largest absolute Gasteiger partial charge is 0.481 e. The van der Waals surface area contributed by atoms with Gasteiger partial charge in [0.15, 0.2) is 0 Å². The summed E-state index contributed by atoms with van der Waals surface area (Å²) in [5.41, 5.74) is 0.0648. The van der Waals surface area contributed by atoms with Gasteiger partial charge in [-0.3, -0.25) is 19.7 Å². The number of hydrogen-bond acceptors (Lipinski definition) is 5. The lowest BCUT2D eigenvalue weighted by atomic mass is 10.1. The Hall–Kier alpha value is -2.09. The van der Waals surface area contributed by atoms with E-state index >= 15 is 0 Å². The number of carboxylic acids is 1. The molecule has 1 aromatic rings. The van der Waals surface area contributed by atoms with Crippen molar-refractivity contribution in [3.8, 4) is 0 Å². The van der Waals surface area contributed by atoms with Gasteiger partial charge in [0.05, 0.1) is 9.82 Å². The van der Waals surface area contributed by atoms with Gasteiger partial charge in [-0.2, -0.15) is 0 Å². The molecule has 0 aliphatic carbocycles. The van der Waals surface area contributed by atoms with Crippen molar-refractivity contribution >= 4 is 29.3 Å². The van der Waals surface area contributed by atoms with E-state index in [-0.39, 0.29) is 23.7 Å². The second kappa shape index (κ2) is 7.63. The highest BCUT2D eigenvalue weighted by atomic mass is 32.2. The van der Waals surface area contributed by atoms with Crippen molar-refractivity contribution in [3.63, 3.8) is 0 Å². The second-order valence-corrected chi connectivity index (χ2v) is 5.30. The van der Waals surface area contributed by atoms with Gasteiger partial charge in [-0.05, 0) is 31.7 Å². The highest BCUT2D eigenvalue weighted by Crippen LogP contribution is 2.28. The van der Waals surface area contributed by atoms with Crippen molar-refractivity contribution in [2.45, 2.75) is 30.7 Å². The maximum absolute atomic E-state index is 12.0. The van der Waals surface area contributed by atoms with Gasteiger partial charge in [-0.1, -0.05) is 0 Å². The van der Waals surface area contributed by atoms with Crippen LogP contribution < -0.4 is 5.32 Å². The molecule has 1 atom stereocenters. The zero-order valence-corrected chi connectivity index (χ0v) is 12.5. The van der Waals surface area contributed by atoms with Gasteiger partial charge in [0.25, 0.3) is 11.6 Å². The second-order valence-electron chi connectivity index (χ2n) is 4.45. The van der Waals surface area contributed by atoms with Gasteiger partial charge in [-0.25, -0.2) is 0 Å². The molecule has 1 amide bonds. The summed E-state index contributed by atoms with van der Waals surface area (Å²) in [6, 6.07) is 3.94. The van der Waals surface area contributed by atoms with Crippen molar-refractivity contribution in [2.24, 2.45) is 0 Å². The number of carboxylic acid groups (broad SMARTS) is 1. The summed E-state index contributed by atoms with van der Waals surface area (Å²) in [5, 5.41) is 22.2. The van der Waals surface area contributed by atoms with Crippen LogP contribution in [-0.4, -0.2) is 34.2 Å². The third kappa shape index (κ3) is 5.07. The Balaban J connectivity index is 2.81. The van der Waals surface area contributed by atoms with Crippen LogP contribution in [-0.2, 0) is 4.79 Å². The first kappa shape index (κ1) is 17.0. The number of rotatable bonds is 7. The molecular formula is C13H16N2O5S. The minimum atomic E-state index is -0.934. The van der Waals surface area contributed by atoms with Crippen molar-refractivity contribution in [1.82, 2.24) is 5.32 Å². The summed E-state index contributed by atoms with van der Waals surface area (Å²) in [7, 11) is 0. The summed E-state index contributed by atoms with van der Waals surface area (Å²) in [6.45, 7) is 1.69. The normalized spacial score (nSPS) is 11.7. The highest BCUT2D eigenvalue weighted by Gasteiger charge is 2.18. The number of aliphatic carboxylic acids is 1. The number of nitro groups is 1. The molecule has 0 spiro atoms. The van der Waals surface area contributed by atoms with E-state index in [9.17, 15) is 19.7 Å². The summed E-state index contributed by atoms with van der Waals surface area (Å²) in [6.07, 6.45) is 1.97. The Labute approximate surface area is 125 Å². The Bertz CT molecular complexity index is 561. The number of carbonyl (C=O) groups is 2. The number of nitro benzene ring substituents is 1.